The van der Waals surface area contributed by atoms with Crippen LogP contribution in [0.4, 0.5) is 17.1 Å². The number of hydrogen-bond donors (Lipinski definition) is 0. The molecular formula is C71H53NO. The Morgan fingerprint density at radius 3 is 1.59 bits per heavy atom. The van der Waals surface area contributed by atoms with Crippen LogP contribution in [-0.4, -0.2) is 0 Å². The molecule has 0 N–H and O–H groups in total. The van der Waals surface area contributed by atoms with E-state index in [-0.39, 0.29) is 5.41 Å². The van der Waals surface area contributed by atoms with Crippen molar-refractivity contribution in [2.75, 3.05) is 4.90 Å². The molecule has 2 heteroatoms. The normalized spacial score (nSPS) is 14.0. The molecule has 0 spiro atoms. The highest BCUT2D eigenvalue weighted by Crippen LogP contribution is 2.60. The number of anilines is 3. The molecular weight excluding hydrogens is 883 g/mol. The van der Waals surface area contributed by atoms with Crippen LogP contribution < -0.4 is 4.90 Å². The monoisotopic (exact) mass is 935 g/mol. The van der Waals surface area contributed by atoms with Crippen molar-refractivity contribution in [3.63, 3.8) is 0 Å². The summed E-state index contributed by atoms with van der Waals surface area (Å²) in [6.45, 7) is 6.85. The van der Waals surface area contributed by atoms with Crippen LogP contribution in [0.15, 0.2) is 271 Å². The Hall–Kier alpha value is -8.98. The zero-order valence-corrected chi connectivity index (χ0v) is 41.3. The van der Waals surface area contributed by atoms with Gasteiger partial charge in [-0.1, -0.05) is 227 Å². The molecule has 0 bridgehead atoms. The summed E-state index contributed by atoms with van der Waals surface area (Å²) in [5.41, 5.74) is 22.5. The first-order chi connectivity index (χ1) is 35.8. The van der Waals surface area contributed by atoms with Gasteiger partial charge in [-0.3, -0.25) is 0 Å². The van der Waals surface area contributed by atoms with E-state index in [4.69, 9.17) is 4.42 Å². The molecule has 0 amide bonds. The average molecular weight is 936 g/mol. The number of benzene rings is 11. The van der Waals surface area contributed by atoms with Crippen molar-refractivity contribution in [3.8, 4) is 55.6 Å². The van der Waals surface area contributed by atoms with Crippen molar-refractivity contribution in [1.82, 2.24) is 0 Å². The van der Waals surface area contributed by atoms with Crippen LogP contribution in [-0.2, 0) is 10.8 Å². The van der Waals surface area contributed by atoms with Crippen LogP contribution in [0.2, 0.25) is 0 Å². The predicted octanol–water partition coefficient (Wildman–Crippen LogP) is 19.4. The molecule has 2 nitrogen and oxygen atoms in total. The highest BCUT2D eigenvalue weighted by molar-refractivity contribution is 6.06. The van der Waals surface area contributed by atoms with Gasteiger partial charge in [-0.15, -0.1) is 0 Å². The summed E-state index contributed by atoms with van der Waals surface area (Å²) in [5, 5.41) is 2.26. The fourth-order valence-corrected chi connectivity index (χ4v) is 11.5. The number of rotatable bonds is 9. The second kappa shape index (κ2) is 17.7. The lowest BCUT2D eigenvalue weighted by atomic mass is 9.67. The Labute approximate surface area is 428 Å². The van der Waals surface area contributed by atoms with Gasteiger partial charge in [0.05, 0.1) is 5.41 Å². The minimum Gasteiger partial charge on any atom is -0.456 e. The summed E-state index contributed by atoms with van der Waals surface area (Å²) in [6, 6.07) is 98.2. The van der Waals surface area contributed by atoms with Gasteiger partial charge in [0.1, 0.15) is 11.2 Å². The van der Waals surface area contributed by atoms with Gasteiger partial charge in [-0.05, 0) is 150 Å². The first kappa shape index (κ1) is 44.0. The van der Waals surface area contributed by atoms with Gasteiger partial charge < -0.3 is 9.32 Å². The van der Waals surface area contributed by atoms with Gasteiger partial charge in [-0.2, -0.15) is 0 Å². The molecule has 13 rings (SSSR count). The minimum absolute atomic E-state index is 0.0446. The molecule has 0 radical (unpaired) electrons. The van der Waals surface area contributed by atoms with Crippen molar-refractivity contribution in [3.05, 3.63) is 295 Å². The molecule has 11 aromatic carbocycles. The van der Waals surface area contributed by atoms with Gasteiger partial charge in [0.25, 0.3) is 0 Å². The largest absolute Gasteiger partial charge is 0.456 e. The second-order valence-electron chi connectivity index (χ2n) is 20.5. The summed E-state index contributed by atoms with van der Waals surface area (Å²) in [6.07, 6.45) is 0. The lowest BCUT2D eigenvalue weighted by Gasteiger charge is -2.35. The number of fused-ring (bicyclic) bond motifs is 6. The van der Waals surface area contributed by atoms with Crippen molar-refractivity contribution in [2.45, 2.75) is 31.6 Å². The Bertz CT molecular complexity index is 3980. The lowest BCUT2D eigenvalue weighted by molar-refractivity contribution is 0.590. The Kier molecular flexibility index (Phi) is 10.7. The molecule has 1 aromatic heterocycles. The van der Waals surface area contributed by atoms with E-state index >= 15 is 0 Å². The summed E-state index contributed by atoms with van der Waals surface area (Å²) < 4.78 is 6.35. The van der Waals surface area contributed by atoms with Crippen LogP contribution in [0.25, 0.3) is 77.6 Å². The highest BCUT2D eigenvalue weighted by Gasteiger charge is 2.47. The van der Waals surface area contributed by atoms with Gasteiger partial charge >= 0.3 is 0 Å². The summed E-state index contributed by atoms with van der Waals surface area (Å²) >= 11 is 0. The van der Waals surface area contributed by atoms with Crippen molar-refractivity contribution < 1.29 is 4.42 Å². The van der Waals surface area contributed by atoms with Crippen LogP contribution in [0.5, 0.6) is 0 Å². The minimum atomic E-state index is -0.676. The van der Waals surface area contributed by atoms with Crippen LogP contribution >= 0.6 is 0 Å². The smallest absolute Gasteiger partial charge is 0.136 e. The van der Waals surface area contributed by atoms with Crippen molar-refractivity contribution in [1.29, 1.82) is 0 Å². The zero-order chi connectivity index (χ0) is 49.1. The molecule has 0 saturated heterocycles. The van der Waals surface area contributed by atoms with Gasteiger partial charge in [0.15, 0.2) is 0 Å². The summed E-state index contributed by atoms with van der Waals surface area (Å²) in [7, 11) is 0. The second-order valence-corrected chi connectivity index (χ2v) is 20.5. The molecule has 0 saturated carbocycles. The van der Waals surface area contributed by atoms with Crippen LogP contribution in [0.3, 0.4) is 0 Å². The molecule has 348 valence electrons. The van der Waals surface area contributed by atoms with Crippen LogP contribution in [0, 0.1) is 0 Å². The number of nitrogens with zero attached hydrogens (tertiary/aromatic N) is 1. The summed E-state index contributed by atoms with van der Waals surface area (Å²) in [5.74, 6) is 0. The first-order valence-electron chi connectivity index (χ1n) is 25.4. The number of furan rings is 1. The van der Waals surface area contributed by atoms with E-state index in [0.717, 1.165) is 55.7 Å². The number of hydrogen-bond acceptors (Lipinski definition) is 2. The van der Waals surface area contributed by atoms with Crippen molar-refractivity contribution >= 4 is 39.0 Å². The van der Waals surface area contributed by atoms with Crippen LogP contribution in [0.1, 0.15) is 48.6 Å². The molecule has 1 aliphatic carbocycles. The van der Waals surface area contributed by atoms with E-state index in [0.29, 0.717) is 0 Å². The predicted molar refractivity (Wildman–Crippen MR) is 306 cm³/mol. The quantitative estimate of drug-likeness (QED) is 0.143. The van der Waals surface area contributed by atoms with E-state index < -0.39 is 5.41 Å². The zero-order valence-electron chi connectivity index (χ0n) is 41.3. The maximum absolute atomic E-state index is 6.35. The molecule has 1 heterocycles. The molecule has 12 aromatic rings. The third kappa shape index (κ3) is 7.57. The Morgan fingerprint density at radius 2 is 0.863 bits per heavy atom. The molecule has 1 aliphatic rings. The van der Waals surface area contributed by atoms with Gasteiger partial charge in [-0.25, -0.2) is 0 Å². The Morgan fingerprint density at radius 1 is 0.329 bits per heavy atom. The fraction of sp³-hybridized carbons (Fsp3) is 0.0704. The molecule has 0 aliphatic heterocycles. The molecule has 73 heavy (non-hydrogen) atoms. The average Bonchev–Trinajstić information content (AvgIpc) is 3.97. The lowest BCUT2D eigenvalue weighted by Crippen LogP contribution is -2.29. The third-order valence-corrected chi connectivity index (χ3v) is 15.1. The first-order valence-corrected chi connectivity index (χ1v) is 25.4. The van der Waals surface area contributed by atoms with E-state index in [1.807, 2.05) is 12.1 Å². The topological polar surface area (TPSA) is 16.4 Å². The molecule has 0 fully saturated rings. The van der Waals surface area contributed by atoms with E-state index in [1.165, 1.54) is 66.8 Å². The molecule has 1 unspecified atom stereocenters. The van der Waals surface area contributed by atoms with Gasteiger partial charge in [0, 0.05) is 27.8 Å². The van der Waals surface area contributed by atoms with E-state index in [1.54, 1.807) is 0 Å². The van der Waals surface area contributed by atoms with E-state index in [9.17, 15) is 0 Å². The fourth-order valence-electron chi connectivity index (χ4n) is 11.5. The SMILES string of the molecule is CC(C)(C)c1ccc(-c2cccc3c2-c2ccc(N(c4ccc(-c5ccc6c(c5)oc5ccccc56)cc4)c4cccc(-c5ccccc5)c4)cc2C3(c2ccccc2)c2cccc(-c3ccccc3)c2)cc1. The standard InChI is InChI=1S/C71H53NO/c1-70(2,3)55-37-32-51(33-38-55)61-29-17-30-65-69(61)64-43-41-60(47-66(64)71(65,56-24-11-6-12-25-56)57-26-15-22-52(44-57)48-18-7-4-8-19-48)72(59-27-16-23-53(45-59)49-20-9-5-10-21-49)58-39-34-50(35-40-58)54-36-42-63-62-28-13-14-31-67(62)73-68(63)46-54/h4-47H,1-3H3. The Balaban J connectivity index is 1.04. The highest BCUT2D eigenvalue weighted by atomic mass is 16.3. The third-order valence-electron chi connectivity index (χ3n) is 15.1. The van der Waals surface area contributed by atoms with E-state index in [2.05, 4.69) is 280 Å². The maximum atomic E-state index is 6.35. The maximum Gasteiger partial charge on any atom is 0.136 e. The van der Waals surface area contributed by atoms with Crippen molar-refractivity contribution in [2.24, 2.45) is 0 Å². The number of para-hydroxylation sites is 1. The van der Waals surface area contributed by atoms with Gasteiger partial charge in [0.2, 0.25) is 0 Å². The molecule has 1 atom stereocenters. The summed E-state index contributed by atoms with van der Waals surface area (Å²) in [4.78, 5) is 2.43.